The first-order valence-electron chi connectivity index (χ1n) is 17.6. The summed E-state index contributed by atoms with van der Waals surface area (Å²) in [6.07, 6.45) is 8.22. The molecule has 6 aliphatic rings. The van der Waals surface area contributed by atoms with E-state index in [0.29, 0.717) is 35.8 Å². The van der Waals surface area contributed by atoms with E-state index in [9.17, 15) is 9.59 Å². The fraction of sp³-hybridized carbons (Fsp3) is 0.943. The molecule has 6 fully saturated rings. The average Bonchev–Trinajstić information content (AvgIpc) is 3.20. The molecule has 8 heteroatoms. The number of likely N-dealkylation sites (N-methyl/N-ethyl adjacent to an activating group) is 2. The second-order valence-corrected chi connectivity index (χ2v) is 17.5. The van der Waals surface area contributed by atoms with Gasteiger partial charge < -0.3 is 18.4 Å². The fourth-order valence-electron chi connectivity index (χ4n) is 11.4. The summed E-state index contributed by atoms with van der Waals surface area (Å²) in [5.74, 6) is 2.35. The van der Waals surface area contributed by atoms with Gasteiger partial charge in [-0.15, -0.1) is 0 Å². The Hall–Kier alpha value is -1.22. The van der Waals surface area contributed by atoms with Crippen LogP contribution in [0.4, 0.5) is 0 Å². The van der Waals surface area contributed by atoms with E-state index in [1.165, 1.54) is 25.7 Å². The Labute approximate surface area is 261 Å². The maximum Gasteiger partial charge on any atom is 0.302 e. The molecule has 2 saturated heterocycles. The molecule has 0 unspecified atom stereocenters. The Morgan fingerprint density at radius 2 is 1.26 bits per heavy atom. The van der Waals surface area contributed by atoms with E-state index in [1.54, 1.807) is 13.8 Å². The minimum atomic E-state index is -0.123. The molecule has 0 radical (unpaired) electrons. The topological polar surface area (TPSA) is 59.1 Å². The number of hydrogen-bond acceptors (Lipinski definition) is 6. The highest BCUT2D eigenvalue weighted by molar-refractivity contribution is 5.66. The highest BCUT2D eigenvalue weighted by Crippen LogP contribution is 2.67. The van der Waals surface area contributed by atoms with Gasteiger partial charge in [0.15, 0.2) is 0 Å². The Kier molecular flexibility index (Phi) is 8.30. The standard InChI is InChI=1S/C35H62N4O4/c1-24(40)42-32-21-26-9-10-27-28(35(26,4)23-31(32)37-15-19-39(7,8)20-16-37)11-12-34(3)29(27)22-30(33(34)43-25(2)41)36-13-17-38(5,6)18-14-36/h26-33H,9-23H2,1-8H3/q+2/t26-,27+,28-,29+,30+,31+,32-,33-,34-,35-/m0/s1. The smallest absolute Gasteiger partial charge is 0.302 e. The van der Waals surface area contributed by atoms with Gasteiger partial charge in [-0.1, -0.05) is 13.8 Å². The molecule has 2 aliphatic heterocycles. The van der Waals surface area contributed by atoms with Gasteiger partial charge in [-0.05, 0) is 74.0 Å². The van der Waals surface area contributed by atoms with Crippen molar-refractivity contribution in [1.29, 1.82) is 0 Å². The van der Waals surface area contributed by atoms with Crippen molar-refractivity contribution < 1.29 is 28.0 Å². The first-order valence-corrected chi connectivity index (χ1v) is 17.6. The molecule has 0 aromatic rings. The van der Waals surface area contributed by atoms with Gasteiger partial charge in [-0.25, -0.2) is 0 Å². The van der Waals surface area contributed by atoms with Gasteiger partial charge in [0.1, 0.15) is 12.2 Å². The summed E-state index contributed by atoms with van der Waals surface area (Å²) < 4.78 is 14.6. The zero-order valence-corrected chi connectivity index (χ0v) is 28.6. The molecule has 4 saturated carbocycles. The van der Waals surface area contributed by atoms with Gasteiger partial charge in [-0.3, -0.25) is 19.4 Å². The van der Waals surface area contributed by atoms with Gasteiger partial charge in [0.05, 0.1) is 54.4 Å². The summed E-state index contributed by atoms with van der Waals surface area (Å²) in [5, 5.41) is 0. The zero-order valence-electron chi connectivity index (χ0n) is 28.6. The molecule has 0 aromatic heterocycles. The Morgan fingerprint density at radius 3 is 1.81 bits per heavy atom. The number of rotatable bonds is 4. The third-order valence-electron chi connectivity index (χ3n) is 14.1. The van der Waals surface area contributed by atoms with Crippen LogP contribution < -0.4 is 0 Å². The van der Waals surface area contributed by atoms with E-state index in [4.69, 9.17) is 9.47 Å². The summed E-state index contributed by atoms with van der Waals surface area (Å²) in [7, 11) is 9.36. The summed E-state index contributed by atoms with van der Waals surface area (Å²) in [5.41, 5.74) is 0.308. The van der Waals surface area contributed by atoms with Crippen LogP contribution in [-0.2, 0) is 19.1 Å². The molecule has 43 heavy (non-hydrogen) atoms. The van der Waals surface area contributed by atoms with Gasteiger partial charge >= 0.3 is 11.9 Å². The monoisotopic (exact) mass is 602 g/mol. The first-order chi connectivity index (χ1) is 20.1. The van der Waals surface area contributed by atoms with Crippen LogP contribution in [0.3, 0.4) is 0 Å². The average molecular weight is 603 g/mol. The number of nitrogens with zero attached hydrogens (tertiary/aromatic N) is 4. The molecule has 0 amide bonds. The molecule has 2 heterocycles. The van der Waals surface area contributed by atoms with Crippen LogP contribution in [0.5, 0.6) is 0 Å². The maximum absolute atomic E-state index is 12.5. The molecule has 244 valence electrons. The van der Waals surface area contributed by atoms with E-state index in [-0.39, 0.29) is 35.0 Å². The number of quaternary nitrogens is 2. The number of ether oxygens (including phenoxy) is 2. The highest BCUT2D eigenvalue weighted by atomic mass is 16.5. The highest BCUT2D eigenvalue weighted by Gasteiger charge is 2.65. The van der Waals surface area contributed by atoms with Crippen LogP contribution in [0.25, 0.3) is 0 Å². The van der Waals surface area contributed by atoms with E-state index in [1.807, 2.05) is 0 Å². The van der Waals surface area contributed by atoms with Crippen molar-refractivity contribution >= 4 is 11.9 Å². The summed E-state index contributed by atoms with van der Waals surface area (Å²) >= 11 is 0. The lowest BCUT2D eigenvalue weighted by atomic mass is 9.44. The van der Waals surface area contributed by atoms with Crippen molar-refractivity contribution in [1.82, 2.24) is 9.80 Å². The number of hydrogen-bond donors (Lipinski definition) is 0. The molecule has 0 N–H and O–H groups in total. The first kappa shape index (κ1) is 31.7. The molecule has 0 spiro atoms. The molecule has 4 aliphatic carbocycles. The second-order valence-electron chi connectivity index (χ2n) is 17.5. The van der Waals surface area contributed by atoms with Crippen LogP contribution in [0.1, 0.15) is 72.6 Å². The molecular weight excluding hydrogens is 540 g/mol. The summed E-state index contributed by atoms with van der Waals surface area (Å²) in [6.45, 7) is 17.3. The molecule has 0 aromatic carbocycles. The van der Waals surface area contributed by atoms with Crippen LogP contribution >= 0.6 is 0 Å². The van der Waals surface area contributed by atoms with Crippen LogP contribution in [0, 0.1) is 34.5 Å². The molecular formula is C35H62N4O4+2. The molecule has 0 bridgehead atoms. The van der Waals surface area contributed by atoms with Crippen molar-refractivity contribution in [3.8, 4) is 0 Å². The van der Waals surface area contributed by atoms with Gasteiger partial charge in [0.25, 0.3) is 0 Å². The lowest BCUT2D eigenvalue weighted by Crippen LogP contribution is -2.64. The second kappa shape index (κ2) is 11.2. The van der Waals surface area contributed by atoms with Crippen LogP contribution in [0.2, 0.25) is 0 Å². The van der Waals surface area contributed by atoms with Crippen molar-refractivity contribution in [2.45, 2.75) is 96.9 Å². The number of carbonyl (C=O) groups is 2. The van der Waals surface area contributed by atoms with E-state index in [0.717, 1.165) is 80.6 Å². The van der Waals surface area contributed by atoms with Gasteiger partial charge in [0, 0.05) is 57.5 Å². The van der Waals surface area contributed by atoms with E-state index in [2.05, 4.69) is 51.8 Å². The van der Waals surface area contributed by atoms with Gasteiger partial charge in [-0.2, -0.15) is 0 Å². The Bertz CT molecular complexity index is 1060. The number of carbonyl (C=O) groups excluding carboxylic acids is 2. The van der Waals surface area contributed by atoms with Crippen LogP contribution in [0.15, 0.2) is 0 Å². The van der Waals surface area contributed by atoms with Crippen LogP contribution in [-0.4, -0.2) is 136 Å². The maximum atomic E-state index is 12.5. The summed E-state index contributed by atoms with van der Waals surface area (Å²) in [4.78, 5) is 30.2. The molecule has 6 rings (SSSR count). The number of esters is 2. The van der Waals surface area contributed by atoms with Crippen molar-refractivity contribution in [3.63, 3.8) is 0 Å². The quantitative estimate of drug-likeness (QED) is 0.362. The van der Waals surface area contributed by atoms with E-state index < -0.39 is 0 Å². The molecule has 10 atom stereocenters. The predicted octanol–water partition coefficient (Wildman–Crippen LogP) is 3.63. The minimum absolute atomic E-state index is 0.00234. The minimum Gasteiger partial charge on any atom is -0.461 e. The third kappa shape index (κ3) is 5.81. The van der Waals surface area contributed by atoms with E-state index >= 15 is 0 Å². The van der Waals surface area contributed by atoms with Crippen molar-refractivity contribution in [3.05, 3.63) is 0 Å². The third-order valence-corrected chi connectivity index (χ3v) is 14.1. The largest absolute Gasteiger partial charge is 0.461 e. The molecule has 8 nitrogen and oxygen atoms in total. The Morgan fingerprint density at radius 1 is 0.698 bits per heavy atom. The fourth-order valence-corrected chi connectivity index (χ4v) is 11.4. The SMILES string of the molecule is CC(=O)O[C@H]1C[C@@H]2CC[C@H]3[C@H]4C[C@@H](N5CC[N+](C)(C)CC5)[C@H](OC(C)=O)[C@@]4(C)CC[C@@H]3[C@@]2(C)C[C@H]1N1CC[N+](C)(C)CC1. The summed E-state index contributed by atoms with van der Waals surface area (Å²) in [6, 6.07) is 0.656. The normalized spacial score (nSPS) is 46.2. The van der Waals surface area contributed by atoms with Gasteiger partial charge in [0.2, 0.25) is 0 Å². The lowest BCUT2D eigenvalue weighted by molar-refractivity contribution is -0.894. The zero-order chi connectivity index (χ0) is 30.9. The van der Waals surface area contributed by atoms with Crippen molar-refractivity contribution in [2.24, 2.45) is 34.5 Å². The number of piperazine rings is 2. The lowest BCUT2D eigenvalue weighted by Gasteiger charge is -2.62. The number of fused-ring (bicyclic) bond motifs is 5. The van der Waals surface area contributed by atoms with Crippen molar-refractivity contribution in [2.75, 3.05) is 80.5 Å². The Balaban J connectivity index is 1.26. The predicted molar refractivity (Wildman–Crippen MR) is 168 cm³/mol.